The van der Waals surface area contributed by atoms with E-state index in [1.807, 2.05) is 18.2 Å². The van der Waals surface area contributed by atoms with Crippen LogP contribution in [0.3, 0.4) is 0 Å². The lowest BCUT2D eigenvalue weighted by atomic mass is 9.89. The first-order valence-corrected chi connectivity index (χ1v) is 8.53. The molecule has 0 atom stereocenters. The maximum Gasteiger partial charge on any atom is 0.238 e. The van der Waals surface area contributed by atoms with Crippen LogP contribution in [0.2, 0.25) is 0 Å². The lowest BCUT2D eigenvalue weighted by Crippen LogP contribution is -2.17. The molecule has 1 saturated carbocycles. The Bertz CT molecular complexity index is 797. The number of pyridine rings is 1. The predicted molar refractivity (Wildman–Crippen MR) is 110 cm³/mol. The van der Waals surface area contributed by atoms with E-state index in [1.165, 1.54) is 32.1 Å². The van der Waals surface area contributed by atoms with Gasteiger partial charge in [-0.1, -0.05) is 19.3 Å². The Balaban J connectivity index is 0.00000121. The van der Waals surface area contributed by atoms with Crippen LogP contribution in [-0.4, -0.2) is 32.8 Å². The van der Waals surface area contributed by atoms with Gasteiger partial charge in [0.05, 0.1) is 0 Å². The van der Waals surface area contributed by atoms with Crippen LogP contribution < -0.4 is 5.32 Å². The van der Waals surface area contributed by atoms with Gasteiger partial charge in [-0.2, -0.15) is 4.98 Å². The van der Waals surface area contributed by atoms with Gasteiger partial charge in [-0.05, 0) is 37.0 Å². The molecule has 3 heterocycles. The number of allylic oxidation sites excluding steroid dienone is 1. The summed E-state index contributed by atoms with van der Waals surface area (Å²) in [5.74, 6) is 2.02. The highest BCUT2D eigenvalue weighted by Gasteiger charge is 2.16. The molecule has 0 spiro atoms. The van der Waals surface area contributed by atoms with Gasteiger partial charge in [0, 0.05) is 30.1 Å². The predicted octanol–water partition coefficient (Wildman–Crippen LogP) is 4.60. The van der Waals surface area contributed by atoms with Gasteiger partial charge in [-0.15, -0.1) is 24.8 Å². The number of H-pyrrole nitrogens is 1. The van der Waals surface area contributed by atoms with E-state index in [2.05, 4.69) is 25.3 Å². The number of aliphatic imine (C=N–C) groups is 1. The zero-order valence-electron chi connectivity index (χ0n) is 14.3. The fraction of sp³-hybridized carbons (Fsp3) is 0.389. The Kier molecular flexibility index (Phi) is 7.06. The highest BCUT2D eigenvalue weighted by atomic mass is 35.5. The van der Waals surface area contributed by atoms with Crippen LogP contribution in [0.25, 0.3) is 11.6 Å². The average Bonchev–Trinajstić information content (AvgIpc) is 3.18. The molecule has 3 N–H and O–H groups in total. The van der Waals surface area contributed by atoms with Crippen molar-refractivity contribution in [3.63, 3.8) is 0 Å². The van der Waals surface area contributed by atoms with Crippen LogP contribution in [0.4, 0.5) is 11.8 Å². The number of hydrogen-bond donors (Lipinski definition) is 3. The molecule has 8 heteroatoms. The number of aromatic nitrogens is 3. The molecular formula is C18H23Cl2N5O. The second-order valence-electron chi connectivity index (χ2n) is 6.44. The van der Waals surface area contributed by atoms with Gasteiger partial charge in [0.1, 0.15) is 5.69 Å². The molecule has 2 aromatic rings. The van der Waals surface area contributed by atoms with Crippen LogP contribution in [0, 0.1) is 5.92 Å². The van der Waals surface area contributed by atoms with Crippen LogP contribution in [-0.2, 0) is 0 Å². The minimum Gasteiger partial charge on any atom is -0.492 e. The van der Waals surface area contributed by atoms with Crippen molar-refractivity contribution in [1.82, 2.24) is 15.0 Å². The van der Waals surface area contributed by atoms with Crippen molar-refractivity contribution >= 4 is 54.4 Å². The molecule has 4 rings (SSSR count). The molecule has 0 unspecified atom stereocenters. The summed E-state index contributed by atoms with van der Waals surface area (Å²) < 4.78 is 0. The Hall–Kier alpha value is -2.05. The number of aromatic amines is 1. The van der Waals surface area contributed by atoms with Gasteiger partial charge in [-0.25, -0.2) is 9.98 Å². The van der Waals surface area contributed by atoms with Crippen LogP contribution in [0.1, 0.15) is 43.4 Å². The van der Waals surface area contributed by atoms with Crippen LogP contribution in [0.15, 0.2) is 23.3 Å². The SMILES string of the molecule is Cl.Cl.Oc1nc(NCC2CCCCC2)[nH]c1C=C1C=Nc2ncccc21. The van der Waals surface area contributed by atoms with Crippen molar-refractivity contribution in [2.75, 3.05) is 11.9 Å². The molecule has 140 valence electrons. The summed E-state index contributed by atoms with van der Waals surface area (Å²) in [6, 6.07) is 3.85. The summed E-state index contributed by atoms with van der Waals surface area (Å²) in [5, 5.41) is 13.4. The standard InChI is InChI=1S/C18H21N5O.2ClH/c24-17-15(9-13-11-20-16-14(13)7-4-8-19-16)22-18(23-17)21-10-12-5-2-1-3-6-12;;/h4,7-9,11-12,24H,1-3,5-6,10H2,(H2,21,22,23);2*1H. The topological polar surface area (TPSA) is 86.2 Å². The van der Waals surface area contributed by atoms with Crippen molar-refractivity contribution in [3.8, 4) is 5.88 Å². The smallest absolute Gasteiger partial charge is 0.238 e. The summed E-state index contributed by atoms with van der Waals surface area (Å²) in [5.41, 5.74) is 2.46. The summed E-state index contributed by atoms with van der Waals surface area (Å²) in [7, 11) is 0. The monoisotopic (exact) mass is 395 g/mol. The number of aromatic hydroxyl groups is 1. The highest BCUT2D eigenvalue weighted by molar-refractivity contribution is 6.20. The van der Waals surface area contributed by atoms with Crippen molar-refractivity contribution in [3.05, 3.63) is 29.6 Å². The minimum absolute atomic E-state index is 0. The van der Waals surface area contributed by atoms with Crippen molar-refractivity contribution in [2.24, 2.45) is 10.9 Å². The van der Waals surface area contributed by atoms with Crippen molar-refractivity contribution < 1.29 is 5.11 Å². The Morgan fingerprint density at radius 1 is 1.23 bits per heavy atom. The molecule has 6 nitrogen and oxygen atoms in total. The fourth-order valence-electron chi connectivity index (χ4n) is 3.39. The molecule has 0 amide bonds. The third-order valence-electron chi connectivity index (χ3n) is 4.72. The molecule has 1 aliphatic heterocycles. The first-order valence-electron chi connectivity index (χ1n) is 8.53. The van der Waals surface area contributed by atoms with E-state index in [4.69, 9.17) is 0 Å². The van der Waals surface area contributed by atoms with Gasteiger partial charge in [-0.3, -0.25) is 0 Å². The first kappa shape index (κ1) is 20.3. The van der Waals surface area contributed by atoms with Crippen molar-refractivity contribution in [2.45, 2.75) is 32.1 Å². The maximum atomic E-state index is 10.1. The second kappa shape index (κ2) is 9.05. The van der Waals surface area contributed by atoms with Crippen LogP contribution in [0.5, 0.6) is 5.88 Å². The van der Waals surface area contributed by atoms with E-state index in [9.17, 15) is 5.11 Å². The van der Waals surface area contributed by atoms with Gasteiger partial charge >= 0.3 is 0 Å². The zero-order valence-corrected chi connectivity index (χ0v) is 15.9. The van der Waals surface area contributed by atoms with Gasteiger partial charge < -0.3 is 15.4 Å². The molecule has 2 aliphatic rings. The third-order valence-corrected chi connectivity index (χ3v) is 4.72. The van der Waals surface area contributed by atoms with Gasteiger partial charge in [0.25, 0.3) is 0 Å². The maximum absolute atomic E-state index is 10.1. The molecule has 26 heavy (non-hydrogen) atoms. The molecule has 1 aliphatic carbocycles. The van der Waals surface area contributed by atoms with Crippen molar-refractivity contribution in [1.29, 1.82) is 0 Å². The summed E-state index contributed by atoms with van der Waals surface area (Å²) in [6.45, 7) is 0.900. The van der Waals surface area contributed by atoms with Gasteiger partial charge in [0.2, 0.25) is 11.8 Å². The summed E-state index contributed by atoms with van der Waals surface area (Å²) in [4.78, 5) is 15.8. The number of fused-ring (bicyclic) bond motifs is 1. The quantitative estimate of drug-likeness (QED) is 0.705. The van der Waals surface area contributed by atoms with Gasteiger partial charge in [0.15, 0.2) is 5.82 Å². The number of rotatable bonds is 4. The zero-order chi connectivity index (χ0) is 16.4. The Morgan fingerprint density at radius 3 is 2.85 bits per heavy atom. The average molecular weight is 396 g/mol. The number of nitrogens with zero attached hydrogens (tertiary/aromatic N) is 3. The van der Waals surface area contributed by atoms with E-state index in [0.29, 0.717) is 23.4 Å². The number of imidazole rings is 1. The molecule has 2 aromatic heterocycles. The third kappa shape index (κ3) is 4.37. The highest BCUT2D eigenvalue weighted by Crippen LogP contribution is 2.31. The lowest BCUT2D eigenvalue weighted by Gasteiger charge is -2.21. The Morgan fingerprint density at radius 2 is 2.04 bits per heavy atom. The van der Waals surface area contributed by atoms with E-state index in [0.717, 1.165) is 17.7 Å². The van der Waals surface area contributed by atoms with E-state index in [1.54, 1.807) is 12.4 Å². The molecule has 0 saturated heterocycles. The van der Waals surface area contributed by atoms with Crippen LogP contribution >= 0.6 is 24.8 Å². The number of anilines is 1. The molecule has 0 bridgehead atoms. The largest absolute Gasteiger partial charge is 0.492 e. The normalized spacial score (nSPS) is 17.5. The molecular weight excluding hydrogens is 373 g/mol. The number of hydrogen-bond acceptors (Lipinski definition) is 5. The summed E-state index contributed by atoms with van der Waals surface area (Å²) in [6.07, 6.45) is 11.9. The van der Waals surface area contributed by atoms with E-state index in [-0.39, 0.29) is 30.7 Å². The molecule has 0 aromatic carbocycles. The number of nitrogens with one attached hydrogen (secondary N) is 2. The Labute approximate surface area is 165 Å². The molecule has 1 fully saturated rings. The first-order chi connectivity index (χ1) is 11.8. The van der Waals surface area contributed by atoms with E-state index < -0.39 is 0 Å². The fourth-order valence-corrected chi connectivity index (χ4v) is 3.39. The second-order valence-corrected chi connectivity index (χ2v) is 6.44. The van der Waals surface area contributed by atoms with E-state index >= 15 is 0 Å². The minimum atomic E-state index is -0.000570. The lowest BCUT2D eigenvalue weighted by molar-refractivity contribution is 0.373. The molecule has 0 radical (unpaired) electrons. The number of halogens is 2. The summed E-state index contributed by atoms with van der Waals surface area (Å²) >= 11 is 0.